The maximum absolute atomic E-state index is 13.5. The van der Waals surface area contributed by atoms with Crippen molar-refractivity contribution in [1.82, 2.24) is 4.90 Å². The van der Waals surface area contributed by atoms with Crippen LogP contribution in [0, 0.1) is 23.0 Å². The van der Waals surface area contributed by atoms with Crippen LogP contribution in [0.4, 0.5) is 14.5 Å². The fraction of sp³-hybridized carbons (Fsp3) is 0.333. The predicted octanol–water partition coefficient (Wildman–Crippen LogP) is 1.62. The summed E-state index contributed by atoms with van der Waals surface area (Å²) in [6, 6.07) is 3.37. The van der Waals surface area contributed by atoms with Crippen LogP contribution in [0.1, 0.15) is 23.7 Å². The molecule has 1 aromatic rings. The van der Waals surface area contributed by atoms with E-state index in [4.69, 9.17) is 11.1 Å². The first kappa shape index (κ1) is 14.9. The van der Waals surface area contributed by atoms with Crippen molar-refractivity contribution in [2.45, 2.75) is 19.4 Å². The van der Waals surface area contributed by atoms with E-state index in [-0.39, 0.29) is 18.0 Å². The number of anilines is 1. The van der Waals surface area contributed by atoms with Gasteiger partial charge in [0.1, 0.15) is 5.69 Å². The van der Waals surface area contributed by atoms with Crippen LogP contribution in [0.3, 0.4) is 0 Å². The lowest BCUT2D eigenvalue weighted by Crippen LogP contribution is -2.35. The summed E-state index contributed by atoms with van der Waals surface area (Å²) in [5.41, 5.74) is 1.25. The van der Waals surface area contributed by atoms with Gasteiger partial charge >= 0.3 is 0 Å². The first-order valence-corrected chi connectivity index (χ1v) is 5.52. The van der Waals surface area contributed by atoms with Gasteiger partial charge in [-0.3, -0.25) is 10.6 Å². The number of hydrazine groups is 1. The van der Waals surface area contributed by atoms with Crippen LogP contribution in [0.15, 0.2) is 12.1 Å². The zero-order valence-electron chi connectivity index (χ0n) is 10.6. The third-order valence-electron chi connectivity index (χ3n) is 2.80. The van der Waals surface area contributed by atoms with Gasteiger partial charge in [0, 0.05) is 18.7 Å². The minimum atomic E-state index is -0.952. The van der Waals surface area contributed by atoms with Crippen LogP contribution in [-0.4, -0.2) is 23.9 Å². The van der Waals surface area contributed by atoms with E-state index in [2.05, 4.69) is 0 Å². The van der Waals surface area contributed by atoms with Crippen molar-refractivity contribution in [3.63, 3.8) is 0 Å². The molecule has 7 heteroatoms. The zero-order valence-corrected chi connectivity index (χ0v) is 10.6. The summed E-state index contributed by atoms with van der Waals surface area (Å²) < 4.78 is 27.0. The molecule has 1 amide bonds. The largest absolute Gasteiger partial charge is 0.338 e. The second-order valence-electron chi connectivity index (χ2n) is 4.09. The average Bonchev–Trinajstić information content (AvgIpc) is 2.36. The number of rotatable bonds is 4. The first-order chi connectivity index (χ1) is 8.92. The monoisotopic (exact) mass is 268 g/mol. The number of nitriles is 1. The van der Waals surface area contributed by atoms with Crippen molar-refractivity contribution in [2.24, 2.45) is 5.84 Å². The maximum atomic E-state index is 13.5. The third-order valence-corrected chi connectivity index (χ3v) is 2.80. The summed E-state index contributed by atoms with van der Waals surface area (Å²) >= 11 is 0. The normalized spacial score (nSPS) is 11.6. The predicted molar refractivity (Wildman–Crippen MR) is 66.0 cm³/mol. The second kappa shape index (κ2) is 6.11. The summed E-state index contributed by atoms with van der Waals surface area (Å²) in [7, 11) is 1.47. The number of nitrogens with one attached hydrogen (secondary N) is 1. The lowest BCUT2D eigenvalue weighted by Gasteiger charge is -2.23. The molecule has 0 aromatic heterocycles. The van der Waals surface area contributed by atoms with E-state index < -0.39 is 23.2 Å². The maximum Gasteiger partial charge on any atom is 0.254 e. The molecule has 0 radical (unpaired) electrons. The molecule has 0 bridgehead atoms. The van der Waals surface area contributed by atoms with E-state index >= 15 is 0 Å². The van der Waals surface area contributed by atoms with Crippen molar-refractivity contribution in [1.29, 1.82) is 5.26 Å². The van der Waals surface area contributed by atoms with Gasteiger partial charge in [-0.2, -0.15) is 5.26 Å². The molecule has 0 spiro atoms. The molecule has 0 aliphatic carbocycles. The molecule has 0 aliphatic heterocycles. The number of hydrogen-bond donors (Lipinski definition) is 2. The Bertz CT molecular complexity index is 504. The summed E-state index contributed by atoms with van der Waals surface area (Å²) in [5, 5.41) is 8.56. The van der Waals surface area contributed by atoms with Crippen molar-refractivity contribution in [3.05, 3.63) is 29.3 Å². The molecule has 0 fully saturated rings. The number of benzene rings is 1. The van der Waals surface area contributed by atoms with Gasteiger partial charge < -0.3 is 10.3 Å². The Morgan fingerprint density at radius 3 is 2.47 bits per heavy atom. The smallest absolute Gasteiger partial charge is 0.254 e. The minimum absolute atomic E-state index is 0.135. The van der Waals surface area contributed by atoms with E-state index in [1.54, 1.807) is 6.92 Å². The Kier molecular flexibility index (Phi) is 4.78. The van der Waals surface area contributed by atoms with Gasteiger partial charge in [0.05, 0.1) is 12.5 Å². The van der Waals surface area contributed by atoms with E-state index in [0.29, 0.717) is 0 Å². The molecular formula is C12H14F2N4O. The number of halogens is 2. The van der Waals surface area contributed by atoms with E-state index in [1.807, 2.05) is 11.5 Å². The van der Waals surface area contributed by atoms with Gasteiger partial charge in [-0.1, -0.05) is 0 Å². The molecule has 1 unspecified atom stereocenters. The van der Waals surface area contributed by atoms with Crippen LogP contribution in [-0.2, 0) is 0 Å². The van der Waals surface area contributed by atoms with Crippen LogP contribution in [0.5, 0.6) is 0 Å². The molecule has 0 aliphatic rings. The quantitative estimate of drug-likeness (QED) is 0.642. The fourth-order valence-corrected chi connectivity index (χ4v) is 1.51. The first-order valence-electron chi connectivity index (χ1n) is 5.52. The third kappa shape index (κ3) is 3.17. The molecular weight excluding hydrogens is 254 g/mol. The molecule has 3 N–H and O–H groups in total. The van der Waals surface area contributed by atoms with Crippen molar-refractivity contribution in [3.8, 4) is 6.07 Å². The number of carbonyl (C=O) groups excluding carboxylic acids is 1. The molecule has 0 saturated heterocycles. The Morgan fingerprint density at radius 2 is 2.05 bits per heavy atom. The highest BCUT2D eigenvalue weighted by atomic mass is 19.1. The zero-order chi connectivity index (χ0) is 14.6. The number of hydrogen-bond acceptors (Lipinski definition) is 4. The number of nitrogen functional groups attached to an aromatic ring is 1. The van der Waals surface area contributed by atoms with Gasteiger partial charge in [0.2, 0.25) is 0 Å². The second-order valence-corrected chi connectivity index (χ2v) is 4.09. The van der Waals surface area contributed by atoms with Crippen LogP contribution in [0.2, 0.25) is 0 Å². The lowest BCUT2D eigenvalue weighted by atomic mass is 10.1. The van der Waals surface area contributed by atoms with Gasteiger partial charge in [-0.05, 0) is 19.1 Å². The van der Waals surface area contributed by atoms with E-state index in [1.165, 1.54) is 11.9 Å². The topological polar surface area (TPSA) is 82.2 Å². The van der Waals surface area contributed by atoms with E-state index in [0.717, 1.165) is 12.1 Å². The minimum Gasteiger partial charge on any atom is -0.338 e. The molecule has 0 heterocycles. The van der Waals surface area contributed by atoms with Gasteiger partial charge in [0.15, 0.2) is 11.6 Å². The van der Waals surface area contributed by atoms with Crippen molar-refractivity contribution < 1.29 is 13.6 Å². The number of nitrogens with two attached hydrogens (primary N) is 1. The van der Waals surface area contributed by atoms with Gasteiger partial charge in [0.25, 0.3) is 5.91 Å². The highest BCUT2D eigenvalue weighted by molar-refractivity contribution is 5.94. The summed E-state index contributed by atoms with van der Waals surface area (Å²) in [5.74, 6) is 2.49. The Morgan fingerprint density at radius 1 is 1.53 bits per heavy atom. The average molecular weight is 268 g/mol. The fourth-order valence-electron chi connectivity index (χ4n) is 1.51. The van der Waals surface area contributed by atoms with Crippen LogP contribution < -0.4 is 11.3 Å². The Balaban J connectivity index is 3.04. The summed E-state index contributed by atoms with van der Waals surface area (Å²) in [4.78, 5) is 13.3. The molecule has 1 rings (SSSR count). The number of carbonyl (C=O) groups is 1. The van der Waals surface area contributed by atoms with Crippen LogP contribution in [0.25, 0.3) is 0 Å². The highest BCUT2D eigenvalue weighted by Crippen LogP contribution is 2.21. The molecule has 102 valence electrons. The standard InChI is InChI=1S/C12H14F2N4O/c1-7(3-4-15)18(2)12(19)8-5-9(13)11(17-16)10(14)6-8/h5-7,17H,3,16H2,1-2H3. The number of nitrogens with zero attached hydrogens (tertiary/aromatic N) is 2. The SMILES string of the molecule is CC(CC#N)N(C)C(=O)c1cc(F)c(NN)c(F)c1. The summed E-state index contributed by atoms with van der Waals surface area (Å²) in [6.07, 6.45) is 0.135. The van der Waals surface area contributed by atoms with E-state index in [9.17, 15) is 13.6 Å². The molecule has 1 atom stereocenters. The van der Waals surface area contributed by atoms with Crippen LogP contribution >= 0.6 is 0 Å². The number of amides is 1. The van der Waals surface area contributed by atoms with Crippen molar-refractivity contribution in [2.75, 3.05) is 12.5 Å². The molecule has 1 aromatic carbocycles. The summed E-state index contributed by atoms with van der Waals surface area (Å²) in [6.45, 7) is 1.67. The van der Waals surface area contributed by atoms with Gasteiger partial charge in [-0.25, -0.2) is 8.78 Å². The molecule has 5 nitrogen and oxygen atoms in total. The molecule has 0 saturated carbocycles. The Hall–Kier alpha value is -2.20. The highest BCUT2D eigenvalue weighted by Gasteiger charge is 2.20. The molecule has 19 heavy (non-hydrogen) atoms. The van der Waals surface area contributed by atoms with Gasteiger partial charge in [-0.15, -0.1) is 0 Å². The Labute approximate surface area is 109 Å². The lowest BCUT2D eigenvalue weighted by molar-refractivity contribution is 0.0745. The van der Waals surface area contributed by atoms with Crippen molar-refractivity contribution >= 4 is 11.6 Å².